The van der Waals surface area contributed by atoms with Gasteiger partial charge in [-0.05, 0) is 66.8 Å². The molecule has 0 radical (unpaired) electrons. The van der Waals surface area contributed by atoms with E-state index in [0.29, 0.717) is 52.8 Å². The number of hydrogen-bond donors (Lipinski definition) is 1. The molecular formula is C32H31N9O3. The zero-order valence-electron chi connectivity index (χ0n) is 24.2. The molecule has 1 aliphatic carbocycles. The third-order valence-corrected chi connectivity index (χ3v) is 8.82. The Bertz CT molecular complexity index is 1850. The number of hydrogen-bond acceptors (Lipinski definition) is 9. The number of oxazole rings is 1. The lowest BCUT2D eigenvalue weighted by atomic mass is 10.0. The average molecular weight is 590 g/mol. The molecule has 3 fully saturated rings. The van der Waals surface area contributed by atoms with Gasteiger partial charge in [-0.1, -0.05) is 30.3 Å². The maximum Gasteiger partial charge on any atom is 0.273 e. The number of amides is 2. The molecule has 2 amide bonds. The molecule has 1 N–H and O–H groups in total. The summed E-state index contributed by atoms with van der Waals surface area (Å²) in [5.74, 6) is 1.13. The Kier molecular flexibility index (Phi) is 6.44. The molecule has 5 heterocycles. The fraction of sp³-hybridized carbons (Fsp3) is 0.344. The van der Waals surface area contributed by atoms with Gasteiger partial charge in [-0.3, -0.25) is 19.5 Å². The summed E-state index contributed by atoms with van der Waals surface area (Å²) in [6.07, 6.45) is 5.36. The molecule has 12 heteroatoms. The second-order valence-electron chi connectivity index (χ2n) is 11.9. The average Bonchev–Trinajstić information content (AvgIpc) is 3.60. The predicted octanol–water partition coefficient (Wildman–Crippen LogP) is 3.84. The number of aromatic nitrogens is 6. The number of benzene rings is 2. The number of tetrazole rings is 1. The number of anilines is 1. The summed E-state index contributed by atoms with van der Waals surface area (Å²) in [7, 11) is 1.77. The number of nitrogens with one attached hydrogen (secondary N) is 1. The van der Waals surface area contributed by atoms with E-state index in [0.717, 1.165) is 31.2 Å². The summed E-state index contributed by atoms with van der Waals surface area (Å²) < 4.78 is 6.03. The monoisotopic (exact) mass is 589 g/mol. The van der Waals surface area contributed by atoms with Crippen LogP contribution < -0.4 is 5.32 Å². The summed E-state index contributed by atoms with van der Waals surface area (Å²) in [5.41, 5.74) is 4.07. The van der Waals surface area contributed by atoms with Crippen molar-refractivity contribution in [2.24, 2.45) is 13.0 Å². The first-order chi connectivity index (χ1) is 21.5. The highest BCUT2D eigenvalue weighted by Gasteiger charge is 2.45. The molecule has 12 nitrogen and oxygen atoms in total. The molecule has 2 saturated heterocycles. The van der Waals surface area contributed by atoms with Gasteiger partial charge in [0.25, 0.3) is 5.91 Å². The highest BCUT2D eigenvalue weighted by Crippen LogP contribution is 2.37. The van der Waals surface area contributed by atoms with Gasteiger partial charge in [-0.15, -0.1) is 10.2 Å². The first kappa shape index (κ1) is 26.6. The van der Waals surface area contributed by atoms with Gasteiger partial charge in [0.1, 0.15) is 11.2 Å². The summed E-state index contributed by atoms with van der Waals surface area (Å²) in [4.78, 5) is 41.1. The normalized spacial score (nSPS) is 20.6. The van der Waals surface area contributed by atoms with Gasteiger partial charge in [0.05, 0.1) is 13.1 Å². The van der Waals surface area contributed by atoms with Crippen LogP contribution in [0, 0.1) is 5.92 Å². The lowest BCUT2D eigenvalue weighted by Crippen LogP contribution is -2.56. The number of likely N-dealkylation sites (tertiary alicyclic amines) is 1. The highest BCUT2D eigenvalue weighted by molar-refractivity contribution is 5.96. The van der Waals surface area contributed by atoms with Gasteiger partial charge < -0.3 is 14.6 Å². The molecule has 5 aromatic rings. The van der Waals surface area contributed by atoms with E-state index in [-0.39, 0.29) is 35.9 Å². The van der Waals surface area contributed by atoms with Gasteiger partial charge in [0, 0.05) is 48.5 Å². The van der Waals surface area contributed by atoms with E-state index in [9.17, 15) is 9.59 Å². The van der Waals surface area contributed by atoms with Gasteiger partial charge in [-0.25, -0.2) is 4.98 Å². The lowest BCUT2D eigenvalue weighted by molar-refractivity contribution is -0.117. The summed E-state index contributed by atoms with van der Waals surface area (Å²) in [6.45, 7) is 1.40. The van der Waals surface area contributed by atoms with Crippen LogP contribution in [-0.2, 0) is 11.8 Å². The highest BCUT2D eigenvalue weighted by atomic mass is 16.3. The van der Waals surface area contributed by atoms with Gasteiger partial charge in [-0.2, -0.15) is 4.80 Å². The summed E-state index contributed by atoms with van der Waals surface area (Å²) in [6, 6.07) is 19.1. The zero-order chi connectivity index (χ0) is 29.8. The Labute approximate surface area is 253 Å². The Morgan fingerprint density at radius 2 is 1.77 bits per heavy atom. The number of piperazine rings is 1. The second kappa shape index (κ2) is 10.6. The quantitative estimate of drug-likeness (QED) is 0.300. The molecule has 8 rings (SSSR count). The fourth-order valence-corrected chi connectivity index (χ4v) is 6.58. The molecule has 2 aromatic carbocycles. The van der Waals surface area contributed by atoms with Crippen molar-refractivity contribution >= 4 is 28.6 Å². The van der Waals surface area contributed by atoms with Crippen LogP contribution in [0.25, 0.3) is 22.6 Å². The Morgan fingerprint density at radius 3 is 2.50 bits per heavy atom. The molecule has 2 bridgehead atoms. The van der Waals surface area contributed by atoms with E-state index in [2.05, 4.69) is 47.7 Å². The smallest absolute Gasteiger partial charge is 0.273 e. The van der Waals surface area contributed by atoms with Crippen LogP contribution in [0.3, 0.4) is 0 Å². The maximum absolute atomic E-state index is 14.0. The third kappa shape index (κ3) is 4.90. The van der Waals surface area contributed by atoms with Crippen molar-refractivity contribution in [1.82, 2.24) is 40.0 Å². The number of nitrogens with zero attached hydrogens (tertiary/aromatic N) is 8. The first-order valence-corrected chi connectivity index (χ1v) is 15.0. The topological polar surface area (TPSA) is 135 Å². The molecule has 0 spiro atoms. The van der Waals surface area contributed by atoms with Crippen LogP contribution in [0.5, 0.6) is 0 Å². The van der Waals surface area contributed by atoms with Crippen LogP contribution in [0.2, 0.25) is 0 Å². The van der Waals surface area contributed by atoms with Gasteiger partial charge in [0.15, 0.2) is 11.4 Å². The molecule has 3 aromatic heterocycles. The molecule has 44 heavy (non-hydrogen) atoms. The standard InChI is InChI=1S/C32H31N9O3/c1-39-37-29(36-38-39)28(19-5-3-2-4-6-19)40-17-23-10-11-24(18-40)41(23)32(43)26-15-21(13-14-33-26)31-35-25-16-22(9-12-27(25)44-31)34-30(42)20-7-8-20/h2-6,9,12-16,20,23-24,28H,7-8,10-11,17-18H2,1H3,(H,34,42)/t23?,24?,28-/m1/s1. The molecule has 2 unspecified atom stereocenters. The van der Waals surface area contributed by atoms with Crippen LogP contribution in [0.4, 0.5) is 5.69 Å². The third-order valence-electron chi connectivity index (χ3n) is 8.82. The number of fused-ring (bicyclic) bond motifs is 3. The van der Waals surface area contributed by atoms with Gasteiger partial charge in [0.2, 0.25) is 11.8 Å². The lowest BCUT2D eigenvalue weighted by Gasteiger charge is -2.43. The van der Waals surface area contributed by atoms with Crippen molar-refractivity contribution < 1.29 is 14.0 Å². The second-order valence-corrected chi connectivity index (χ2v) is 11.9. The van der Waals surface area contributed by atoms with Crippen LogP contribution in [0.1, 0.15) is 53.6 Å². The minimum atomic E-state index is -0.145. The molecule has 222 valence electrons. The molecular weight excluding hydrogens is 558 g/mol. The van der Waals surface area contributed by atoms with Crippen LogP contribution in [-0.4, -0.2) is 77.0 Å². The van der Waals surface area contributed by atoms with E-state index in [1.807, 2.05) is 35.2 Å². The van der Waals surface area contributed by atoms with Gasteiger partial charge >= 0.3 is 0 Å². The summed E-state index contributed by atoms with van der Waals surface area (Å²) in [5, 5.41) is 15.9. The van der Waals surface area contributed by atoms with Crippen molar-refractivity contribution in [3.05, 3.63) is 83.9 Å². The summed E-state index contributed by atoms with van der Waals surface area (Å²) >= 11 is 0. The Hall–Kier alpha value is -4.97. The molecule has 3 aliphatic rings. The molecule has 1 saturated carbocycles. The van der Waals surface area contributed by atoms with Crippen molar-refractivity contribution in [2.75, 3.05) is 18.4 Å². The van der Waals surface area contributed by atoms with E-state index < -0.39 is 0 Å². The van der Waals surface area contributed by atoms with Crippen molar-refractivity contribution in [1.29, 1.82) is 0 Å². The van der Waals surface area contributed by atoms with E-state index in [4.69, 9.17) is 4.42 Å². The van der Waals surface area contributed by atoms with Crippen molar-refractivity contribution in [3.63, 3.8) is 0 Å². The van der Waals surface area contributed by atoms with E-state index >= 15 is 0 Å². The number of aryl methyl sites for hydroxylation is 1. The first-order valence-electron chi connectivity index (χ1n) is 15.0. The molecule has 2 aliphatic heterocycles. The SMILES string of the molecule is Cn1nnc([C@@H](c2ccccc2)N2CC3CCC(C2)N3C(=O)c2cc(-c3nc4cc(NC(=O)C5CC5)ccc4o3)ccn2)n1. The van der Waals surface area contributed by atoms with Crippen LogP contribution >= 0.6 is 0 Å². The maximum atomic E-state index is 14.0. The van der Waals surface area contributed by atoms with Crippen molar-refractivity contribution in [2.45, 2.75) is 43.8 Å². The predicted molar refractivity (Wildman–Crippen MR) is 160 cm³/mol. The van der Waals surface area contributed by atoms with E-state index in [1.54, 1.807) is 31.4 Å². The number of pyridine rings is 1. The zero-order valence-corrected chi connectivity index (χ0v) is 24.2. The van der Waals surface area contributed by atoms with Crippen molar-refractivity contribution in [3.8, 4) is 11.5 Å². The molecule has 3 atom stereocenters. The van der Waals surface area contributed by atoms with E-state index in [1.165, 1.54) is 4.80 Å². The fourth-order valence-electron chi connectivity index (χ4n) is 6.58. The number of carbonyl (C=O) groups excluding carboxylic acids is 2. The number of carbonyl (C=O) groups is 2. The Morgan fingerprint density at radius 1 is 0.977 bits per heavy atom. The van der Waals surface area contributed by atoms with Crippen LogP contribution in [0.15, 0.2) is 71.3 Å². The number of rotatable bonds is 7. The minimum Gasteiger partial charge on any atom is -0.436 e. The minimum absolute atomic E-state index is 0.0427. The largest absolute Gasteiger partial charge is 0.436 e. The Balaban J connectivity index is 1.02.